The van der Waals surface area contributed by atoms with E-state index < -0.39 is 0 Å². The van der Waals surface area contributed by atoms with Gasteiger partial charge in [-0.1, -0.05) is 37.4 Å². The molecule has 0 aromatic heterocycles. The maximum atomic E-state index is 5.06. The number of rotatable bonds is 3. The second-order valence-corrected chi connectivity index (χ2v) is 3.16. The third-order valence-corrected chi connectivity index (χ3v) is 2.03. The number of benzene rings is 1. The molecular formula is C11H12OS. The summed E-state index contributed by atoms with van der Waals surface area (Å²) in [6, 6.07) is 7.74. The molecule has 0 bridgehead atoms. The summed E-state index contributed by atoms with van der Waals surface area (Å²) < 4.78 is 5.06. The van der Waals surface area contributed by atoms with E-state index in [0.717, 1.165) is 11.1 Å². The summed E-state index contributed by atoms with van der Waals surface area (Å²) in [5.74, 6) is 0.630. The molecule has 0 saturated carbocycles. The third kappa shape index (κ3) is 2.16. The monoisotopic (exact) mass is 192 g/mol. The van der Waals surface area contributed by atoms with Crippen LogP contribution in [0, 0.1) is 0 Å². The predicted octanol–water partition coefficient (Wildman–Crippen LogP) is 3.20. The lowest BCUT2D eigenvalue weighted by Gasteiger charge is -2.09. The Balaban J connectivity index is 3.19. The largest absolute Gasteiger partial charge is 0.497 e. The second-order valence-electron chi connectivity index (χ2n) is 2.62. The van der Waals surface area contributed by atoms with Crippen LogP contribution in [0.15, 0.2) is 37.4 Å². The fraction of sp³-hybridized carbons (Fsp3) is 0.0909. The zero-order chi connectivity index (χ0) is 9.84. The van der Waals surface area contributed by atoms with Gasteiger partial charge in [0.2, 0.25) is 0 Å². The standard InChI is InChI=1S/C11H12OS/c1-8(12-3)10-6-4-5-7-11(10)9(2)13/h4-7,13H,1-2H2,3H3. The van der Waals surface area contributed by atoms with E-state index in [1.165, 1.54) is 0 Å². The molecule has 0 saturated heterocycles. The highest BCUT2D eigenvalue weighted by Crippen LogP contribution is 2.25. The van der Waals surface area contributed by atoms with Crippen LogP contribution in [0.5, 0.6) is 0 Å². The lowest BCUT2D eigenvalue weighted by Crippen LogP contribution is -1.90. The average Bonchev–Trinajstić information content (AvgIpc) is 2.16. The number of methoxy groups -OCH3 is 1. The predicted molar refractivity (Wildman–Crippen MR) is 60.5 cm³/mol. The van der Waals surface area contributed by atoms with Gasteiger partial charge in [-0.05, 0) is 5.56 Å². The summed E-state index contributed by atoms with van der Waals surface area (Å²) in [4.78, 5) is 0.716. The van der Waals surface area contributed by atoms with Gasteiger partial charge in [0.1, 0.15) is 5.76 Å². The molecule has 0 spiro atoms. The molecule has 68 valence electrons. The SMILES string of the molecule is C=C(S)c1ccccc1C(=C)OC. The molecule has 0 amide bonds. The van der Waals surface area contributed by atoms with Gasteiger partial charge in [-0.15, -0.1) is 12.6 Å². The van der Waals surface area contributed by atoms with E-state index in [1.807, 2.05) is 24.3 Å². The van der Waals surface area contributed by atoms with Gasteiger partial charge in [0.15, 0.2) is 0 Å². The number of thiol groups is 1. The molecule has 1 aromatic rings. The van der Waals surface area contributed by atoms with Gasteiger partial charge in [0.25, 0.3) is 0 Å². The Hall–Kier alpha value is -1.15. The molecule has 0 radical (unpaired) electrons. The summed E-state index contributed by atoms with van der Waals surface area (Å²) in [5.41, 5.74) is 1.89. The molecule has 0 atom stereocenters. The van der Waals surface area contributed by atoms with Crippen LogP contribution in [-0.2, 0) is 4.74 Å². The molecule has 1 aromatic carbocycles. The number of hydrogen-bond acceptors (Lipinski definition) is 2. The van der Waals surface area contributed by atoms with E-state index in [9.17, 15) is 0 Å². The van der Waals surface area contributed by atoms with Crippen LogP contribution in [-0.4, -0.2) is 7.11 Å². The van der Waals surface area contributed by atoms with Crippen LogP contribution in [0.25, 0.3) is 10.7 Å². The molecular weight excluding hydrogens is 180 g/mol. The zero-order valence-electron chi connectivity index (χ0n) is 7.58. The maximum Gasteiger partial charge on any atom is 0.119 e. The molecule has 0 fully saturated rings. The molecule has 0 unspecified atom stereocenters. The van der Waals surface area contributed by atoms with Crippen molar-refractivity contribution in [3.63, 3.8) is 0 Å². The lowest BCUT2D eigenvalue weighted by atomic mass is 10.1. The first kappa shape index (κ1) is 9.93. The first-order chi connectivity index (χ1) is 6.16. The molecule has 0 N–H and O–H groups in total. The van der Waals surface area contributed by atoms with Gasteiger partial charge in [-0.25, -0.2) is 0 Å². The van der Waals surface area contributed by atoms with E-state index in [2.05, 4.69) is 25.8 Å². The van der Waals surface area contributed by atoms with Crippen molar-refractivity contribution < 1.29 is 4.74 Å². The molecule has 0 heterocycles. The molecule has 0 aliphatic carbocycles. The summed E-state index contributed by atoms with van der Waals surface area (Å²) in [6.07, 6.45) is 0. The Labute approximate surface area is 84.1 Å². The molecule has 1 rings (SSSR count). The van der Waals surface area contributed by atoms with Crippen LogP contribution in [0.3, 0.4) is 0 Å². The van der Waals surface area contributed by atoms with E-state index in [4.69, 9.17) is 4.74 Å². The zero-order valence-corrected chi connectivity index (χ0v) is 8.47. The average molecular weight is 192 g/mol. The Morgan fingerprint density at radius 1 is 1.23 bits per heavy atom. The van der Waals surface area contributed by atoms with Gasteiger partial charge in [-0.2, -0.15) is 0 Å². The van der Waals surface area contributed by atoms with Gasteiger partial charge >= 0.3 is 0 Å². The fourth-order valence-electron chi connectivity index (χ4n) is 1.09. The fourth-order valence-corrected chi connectivity index (χ4v) is 1.28. The minimum absolute atomic E-state index is 0.630. The van der Waals surface area contributed by atoms with E-state index >= 15 is 0 Å². The van der Waals surface area contributed by atoms with Gasteiger partial charge < -0.3 is 4.74 Å². The summed E-state index contributed by atoms with van der Waals surface area (Å²) >= 11 is 4.20. The van der Waals surface area contributed by atoms with Crippen LogP contribution >= 0.6 is 12.6 Å². The Kier molecular flexibility index (Phi) is 3.20. The molecule has 13 heavy (non-hydrogen) atoms. The minimum Gasteiger partial charge on any atom is -0.497 e. The number of hydrogen-bond donors (Lipinski definition) is 1. The van der Waals surface area contributed by atoms with Crippen molar-refractivity contribution in [2.45, 2.75) is 0 Å². The highest BCUT2D eigenvalue weighted by Gasteiger charge is 2.05. The van der Waals surface area contributed by atoms with Gasteiger partial charge in [0, 0.05) is 10.5 Å². The van der Waals surface area contributed by atoms with E-state index in [-0.39, 0.29) is 0 Å². The number of ether oxygens (including phenoxy) is 1. The van der Waals surface area contributed by atoms with Crippen molar-refractivity contribution >= 4 is 23.3 Å². The first-order valence-electron chi connectivity index (χ1n) is 3.87. The van der Waals surface area contributed by atoms with Crippen molar-refractivity contribution in [3.05, 3.63) is 48.6 Å². The Morgan fingerprint density at radius 2 is 1.77 bits per heavy atom. The topological polar surface area (TPSA) is 9.23 Å². The molecule has 2 heteroatoms. The van der Waals surface area contributed by atoms with Crippen molar-refractivity contribution in [1.29, 1.82) is 0 Å². The smallest absolute Gasteiger partial charge is 0.119 e. The highest BCUT2D eigenvalue weighted by molar-refractivity contribution is 7.90. The summed E-state index contributed by atoms with van der Waals surface area (Å²) in [6.45, 7) is 7.56. The van der Waals surface area contributed by atoms with Crippen LogP contribution in [0.1, 0.15) is 11.1 Å². The third-order valence-electron chi connectivity index (χ3n) is 1.78. The second kappa shape index (κ2) is 4.19. The van der Waals surface area contributed by atoms with Crippen molar-refractivity contribution in [3.8, 4) is 0 Å². The lowest BCUT2D eigenvalue weighted by molar-refractivity contribution is 0.371. The van der Waals surface area contributed by atoms with Crippen LogP contribution in [0.2, 0.25) is 0 Å². The quantitative estimate of drug-likeness (QED) is 0.571. The van der Waals surface area contributed by atoms with E-state index in [1.54, 1.807) is 7.11 Å². The highest BCUT2D eigenvalue weighted by atomic mass is 32.1. The van der Waals surface area contributed by atoms with E-state index in [0.29, 0.717) is 10.7 Å². The van der Waals surface area contributed by atoms with Crippen molar-refractivity contribution in [2.24, 2.45) is 0 Å². The molecule has 0 aliphatic rings. The summed E-state index contributed by atoms with van der Waals surface area (Å²) in [7, 11) is 1.60. The first-order valence-corrected chi connectivity index (χ1v) is 4.32. The maximum absolute atomic E-state index is 5.06. The van der Waals surface area contributed by atoms with Gasteiger partial charge in [0.05, 0.1) is 7.11 Å². The molecule has 0 aliphatic heterocycles. The van der Waals surface area contributed by atoms with Crippen molar-refractivity contribution in [1.82, 2.24) is 0 Å². The summed E-state index contributed by atoms with van der Waals surface area (Å²) in [5, 5.41) is 0. The van der Waals surface area contributed by atoms with Crippen LogP contribution < -0.4 is 0 Å². The van der Waals surface area contributed by atoms with Crippen molar-refractivity contribution in [2.75, 3.05) is 7.11 Å². The Morgan fingerprint density at radius 3 is 2.23 bits per heavy atom. The molecule has 1 nitrogen and oxygen atoms in total. The normalized spacial score (nSPS) is 9.38. The Bertz CT molecular complexity index is 342. The minimum atomic E-state index is 0.630. The van der Waals surface area contributed by atoms with Crippen LogP contribution in [0.4, 0.5) is 0 Å². The van der Waals surface area contributed by atoms with Gasteiger partial charge in [-0.3, -0.25) is 0 Å².